The number of ether oxygens (including phenoxy) is 2. The first kappa shape index (κ1) is 12.9. The van der Waals surface area contributed by atoms with Gasteiger partial charge in [0.1, 0.15) is 6.10 Å². The molecular weight excluding hydrogens is 245 g/mol. The van der Waals surface area contributed by atoms with Crippen LogP contribution in [0.25, 0.3) is 0 Å². The highest BCUT2D eigenvalue weighted by atomic mass is 19.1. The summed E-state index contributed by atoms with van der Waals surface area (Å²) in [6, 6.07) is 5.21. The molecule has 1 heterocycles. The zero-order valence-electron chi connectivity index (χ0n) is 11.0. The van der Waals surface area contributed by atoms with Crippen molar-refractivity contribution < 1.29 is 13.9 Å². The van der Waals surface area contributed by atoms with Crippen LogP contribution in [0.1, 0.15) is 31.2 Å². The molecule has 3 nitrogen and oxygen atoms in total. The fourth-order valence-corrected chi connectivity index (χ4v) is 2.47. The minimum absolute atomic E-state index is 0.0679. The van der Waals surface area contributed by atoms with E-state index in [1.165, 1.54) is 0 Å². The summed E-state index contributed by atoms with van der Waals surface area (Å²) in [6.45, 7) is 1.39. The van der Waals surface area contributed by atoms with E-state index in [4.69, 9.17) is 15.2 Å². The Morgan fingerprint density at radius 3 is 2.68 bits per heavy atom. The Morgan fingerprint density at radius 2 is 2.05 bits per heavy atom. The van der Waals surface area contributed by atoms with Gasteiger partial charge in [0.2, 0.25) is 0 Å². The lowest BCUT2D eigenvalue weighted by atomic mass is 10.0. The van der Waals surface area contributed by atoms with Gasteiger partial charge in [0, 0.05) is 18.4 Å². The molecule has 0 amide bonds. The molecule has 1 aromatic rings. The highest BCUT2D eigenvalue weighted by molar-refractivity contribution is 5.31. The molecule has 0 aromatic heterocycles. The SMILES string of the molecule is NC1(Cc2ccc(OC3CCOCC3)c(F)c2)CC1. The molecule has 2 fully saturated rings. The van der Waals surface area contributed by atoms with Gasteiger partial charge in [-0.25, -0.2) is 4.39 Å². The van der Waals surface area contributed by atoms with E-state index < -0.39 is 0 Å². The molecule has 19 heavy (non-hydrogen) atoms. The van der Waals surface area contributed by atoms with E-state index in [0.29, 0.717) is 19.0 Å². The summed E-state index contributed by atoms with van der Waals surface area (Å²) in [4.78, 5) is 0. The highest BCUT2D eigenvalue weighted by Crippen LogP contribution is 2.36. The van der Waals surface area contributed by atoms with Crippen LogP contribution >= 0.6 is 0 Å². The lowest BCUT2D eigenvalue weighted by molar-refractivity contribution is 0.0240. The molecule has 2 N–H and O–H groups in total. The topological polar surface area (TPSA) is 44.5 Å². The average Bonchev–Trinajstić information content (AvgIpc) is 3.12. The molecule has 0 spiro atoms. The van der Waals surface area contributed by atoms with Crippen LogP contribution in [0.5, 0.6) is 5.75 Å². The van der Waals surface area contributed by atoms with Crippen LogP contribution in [0.4, 0.5) is 4.39 Å². The molecule has 0 unspecified atom stereocenters. The van der Waals surface area contributed by atoms with Crippen molar-refractivity contribution in [3.63, 3.8) is 0 Å². The second-order valence-electron chi connectivity index (χ2n) is 5.73. The summed E-state index contributed by atoms with van der Waals surface area (Å²) >= 11 is 0. The molecule has 104 valence electrons. The number of benzene rings is 1. The second-order valence-corrected chi connectivity index (χ2v) is 5.73. The van der Waals surface area contributed by atoms with E-state index in [-0.39, 0.29) is 17.5 Å². The van der Waals surface area contributed by atoms with Crippen LogP contribution in [-0.2, 0) is 11.2 Å². The van der Waals surface area contributed by atoms with Gasteiger partial charge in [0.05, 0.1) is 13.2 Å². The molecule has 0 radical (unpaired) electrons. The first-order valence-electron chi connectivity index (χ1n) is 6.96. The van der Waals surface area contributed by atoms with E-state index in [0.717, 1.165) is 37.7 Å². The third-order valence-corrected chi connectivity index (χ3v) is 3.91. The van der Waals surface area contributed by atoms with Crippen molar-refractivity contribution in [1.82, 2.24) is 0 Å². The lowest BCUT2D eigenvalue weighted by Crippen LogP contribution is -2.26. The van der Waals surface area contributed by atoms with Crippen molar-refractivity contribution in [3.05, 3.63) is 29.6 Å². The van der Waals surface area contributed by atoms with Crippen molar-refractivity contribution in [2.24, 2.45) is 5.73 Å². The van der Waals surface area contributed by atoms with Gasteiger partial charge in [0.25, 0.3) is 0 Å². The Hall–Kier alpha value is -1.13. The first-order valence-corrected chi connectivity index (χ1v) is 6.96. The maximum Gasteiger partial charge on any atom is 0.165 e. The molecule has 3 rings (SSSR count). The summed E-state index contributed by atoms with van der Waals surface area (Å²) in [7, 11) is 0. The van der Waals surface area contributed by atoms with Gasteiger partial charge in [-0.3, -0.25) is 0 Å². The molecule has 1 aromatic carbocycles. The number of rotatable bonds is 4. The largest absolute Gasteiger partial charge is 0.487 e. The van der Waals surface area contributed by atoms with E-state index in [1.807, 2.05) is 6.07 Å². The monoisotopic (exact) mass is 265 g/mol. The molecule has 1 aliphatic heterocycles. The van der Waals surface area contributed by atoms with Crippen molar-refractivity contribution >= 4 is 0 Å². The van der Waals surface area contributed by atoms with Crippen molar-refractivity contribution in [3.8, 4) is 5.75 Å². The zero-order chi connectivity index (χ0) is 13.3. The number of hydrogen-bond donors (Lipinski definition) is 1. The standard InChI is InChI=1S/C15H20FNO2/c16-13-9-11(10-15(17)5-6-15)1-2-14(13)19-12-3-7-18-8-4-12/h1-2,9,12H,3-8,10,17H2. The number of nitrogens with two attached hydrogens (primary N) is 1. The third-order valence-electron chi connectivity index (χ3n) is 3.91. The van der Waals surface area contributed by atoms with E-state index in [1.54, 1.807) is 12.1 Å². The molecule has 0 atom stereocenters. The minimum atomic E-state index is -0.284. The fourth-order valence-electron chi connectivity index (χ4n) is 2.47. The fraction of sp³-hybridized carbons (Fsp3) is 0.600. The molecule has 1 saturated heterocycles. The van der Waals surface area contributed by atoms with Gasteiger partial charge in [-0.2, -0.15) is 0 Å². The molecular formula is C15H20FNO2. The van der Waals surface area contributed by atoms with Gasteiger partial charge < -0.3 is 15.2 Å². The van der Waals surface area contributed by atoms with Crippen LogP contribution in [-0.4, -0.2) is 24.9 Å². The highest BCUT2D eigenvalue weighted by Gasteiger charge is 2.38. The molecule has 1 aliphatic carbocycles. The quantitative estimate of drug-likeness (QED) is 0.909. The van der Waals surface area contributed by atoms with Crippen LogP contribution in [0.3, 0.4) is 0 Å². The molecule has 4 heteroatoms. The minimum Gasteiger partial charge on any atom is -0.487 e. The van der Waals surface area contributed by atoms with Gasteiger partial charge in [-0.15, -0.1) is 0 Å². The van der Waals surface area contributed by atoms with Gasteiger partial charge in [-0.05, 0) is 37.0 Å². The Balaban J connectivity index is 1.65. The summed E-state index contributed by atoms with van der Waals surface area (Å²) in [5.41, 5.74) is 6.92. The molecule has 1 saturated carbocycles. The van der Waals surface area contributed by atoms with Crippen LogP contribution in [0.2, 0.25) is 0 Å². The summed E-state index contributed by atoms with van der Waals surface area (Å²) in [5, 5.41) is 0. The summed E-state index contributed by atoms with van der Waals surface area (Å²) in [6.07, 6.45) is 4.55. The second kappa shape index (κ2) is 5.10. The van der Waals surface area contributed by atoms with Gasteiger partial charge in [0.15, 0.2) is 11.6 Å². The van der Waals surface area contributed by atoms with Crippen molar-refractivity contribution in [2.45, 2.75) is 43.7 Å². The third kappa shape index (κ3) is 3.25. The van der Waals surface area contributed by atoms with Crippen LogP contribution in [0.15, 0.2) is 18.2 Å². The average molecular weight is 265 g/mol. The van der Waals surface area contributed by atoms with Crippen molar-refractivity contribution in [2.75, 3.05) is 13.2 Å². The van der Waals surface area contributed by atoms with Gasteiger partial charge >= 0.3 is 0 Å². The summed E-state index contributed by atoms with van der Waals surface area (Å²) in [5.74, 6) is 0.0609. The Morgan fingerprint density at radius 1 is 1.32 bits per heavy atom. The summed E-state index contributed by atoms with van der Waals surface area (Å²) < 4.78 is 25.0. The number of halogens is 1. The predicted molar refractivity (Wildman–Crippen MR) is 70.7 cm³/mol. The molecule has 0 bridgehead atoms. The zero-order valence-corrected chi connectivity index (χ0v) is 11.0. The van der Waals surface area contributed by atoms with Crippen LogP contribution < -0.4 is 10.5 Å². The number of hydrogen-bond acceptors (Lipinski definition) is 3. The maximum absolute atomic E-state index is 14.0. The Labute approximate surface area is 112 Å². The Kier molecular flexibility index (Phi) is 3.46. The lowest BCUT2D eigenvalue weighted by Gasteiger charge is -2.23. The Bertz CT molecular complexity index is 453. The predicted octanol–water partition coefficient (Wildman–Crippen LogP) is 2.42. The van der Waals surface area contributed by atoms with Crippen molar-refractivity contribution in [1.29, 1.82) is 0 Å². The first-order chi connectivity index (χ1) is 9.15. The smallest absolute Gasteiger partial charge is 0.165 e. The van der Waals surface area contributed by atoms with E-state index in [2.05, 4.69) is 0 Å². The van der Waals surface area contributed by atoms with E-state index in [9.17, 15) is 4.39 Å². The van der Waals surface area contributed by atoms with Gasteiger partial charge in [-0.1, -0.05) is 6.07 Å². The van der Waals surface area contributed by atoms with E-state index >= 15 is 0 Å². The normalized spacial score (nSPS) is 22.2. The maximum atomic E-state index is 14.0. The van der Waals surface area contributed by atoms with Crippen LogP contribution in [0, 0.1) is 5.82 Å². The molecule has 2 aliphatic rings.